The summed E-state index contributed by atoms with van der Waals surface area (Å²) in [7, 11) is 1.95. The number of nitrogens with one attached hydrogen (secondary N) is 1. The summed E-state index contributed by atoms with van der Waals surface area (Å²) in [5, 5.41) is 7.53. The van der Waals surface area contributed by atoms with Crippen molar-refractivity contribution in [1.29, 1.82) is 0 Å². The SMILES string of the molecule is CCCn1cc(C(COCC)NC)cn1. The molecular weight excluding hydrogens is 190 g/mol. The summed E-state index contributed by atoms with van der Waals surface area (Å²) in [6, 6.07) is 0.246. The van der Waals surface area contributed by atoms with E-state index in [0.717, 1.165) is 19.6 Å². The highest BCUT2D eigenvalue weighted by atomic mass is 16.5. The van der Waals surface area contributed by atoms with Crippen LogP contribution < -0.4 is 5.32 Å². The van der Waals surface area contributed by atoms with E-state index in [2.05, 4.69) is 23.5 Å². The number of hydrogen-bond donors (Lipinski definition) is 1. The van der Waals surface area contributed by atoms with Crippen molar-refractivity contribution < 1.29 is 4.74 Å². The van der Waals surface area contributed by atoms with Crippen molar-refractivity contribution in [2.75, 3.05) is 20.3 Å². The quantitative estimate of drug-likeness (QED) is 0.744. The maximum atomic E-state index is 5.41. The summed E-state index contributed by atoms with van der Waals surface area (Å²) in [6.45, 7) is 6.58. The third-order valence-electron chi connectivity index (χ3n) is 2.35. The van der Waals surface area contributed by atoms with Gasteiger partial charge in [0.05, 0.1) is 18.8 Å². The zero-order chi connectivity index (χ0) is 11.1. The third-order valence-corrected chi connectivity index (χ3v) is 2.35. The van der Waals surface area contributed by atoms with Crippen LogP contribution in [0.15, 0.2) is 12.4 Å². The molecule has 0 saturated carbocycles. The maximum Gasteiger partial charge on any atom is 0.0662 e. The van der Waals surface area contributed by atoms with Gasteiger partial charge in [0.2, 0.25) is 0 Å². The smallest absolute Gasteiger partial charge is 0.0662 e. The minimum absolute atomic E-state index is 0.246. The summed E-state index contributed by atoms with van der Waals surface area (Å²) < 4.78 is 7.39. The fourth-order valence-electron chi connectivity index (χ4n) is 1.49. The molecule has 0 bridgehead atoms. The first-order valence-electron chi connectivity index (χ1n) is 5.59. The molecule has 4 heteroatoms. The molecule has 0 amide bonds. The van der Waals surface area contributed by atoms with Gasteiger partial charge in [-0.2, -0.15) is 5.10 Å². The van der Waals surface area contributed by atoms with Gasteiger partial charge in [0.15, 0.2) is 0 Å². The van der Waals surface area contributed by atoms with Gasteiger partial charge in [0.25, 0.3) is 0 Å². The molecule has 1 atom stereocenters. The van der Waals surface area contributed by atoms with Crippen molar-refractivity contribution >= 4 is 0 Å². The second-order valence-electron chi connectivity index (χ2n) is 3.54. The molecule has 1 aromatic heterocycles. The highest BCUT2D eigenvalue weighted by Crippen LogP contribution is 2.11. The molecular formula is C11H21N3O. The summed E-state index contributed by atoms with van der Waals surface area (Å²) >= 11 is 0. The lowest BCUT2D eigenvalue weighted by Gasteiger charge is -2.13. The van der Waals surface area contributed by atoms with Gasteiger partial charge in [-0.25, -0.2) is 0 Å². The highest BCUT2D eigenvalue weighted by molar-refractivity contribution is 5.10. The maximum absolute atomic E-state index is 5.41. The average Bonchev–Trinajstić information content (AvgIpc) is 2.68. The summed E-state index contributed by atoms with van der Waals surface area (Å²) in [4.78, 5) is 0. The van der Waals surface area contributed by atoms with Crippen LogP contribution in [0.2, 0.25) is 0 Å². The van der Waals surface area contributed by atoms with E-state index >= 15 is 0 Å². The van der Waals surface area contributed by atoms with Crippen LogP contribution in [0.5, 0.6) is 0 Å². The van der Waals surface area contributed by atoms with E-state index < -0.39 is 0 Å². The molecule has 0 radical (unpaired) electrons. The van der Waals surface area contributed by atoms with E-state index in [0.29, 0.717) is 6.61 Å². The lowest BCUT2D eigenvalue weighted by Crippen LogP contribution is -2.21. The monoisotopic (exact) mass is 211 g/mol. The number of hydrogen-bond acceptors (Lipinski definition) is 3. The Hall–Kier alpha value is -0.870. The first-order chi connectivity index (χ1) is 7.31. The van der Waals surface area contributed by atoms with Crippen LogP contribution in [0.4, 0.5) is 0 Å². The zero-order valence-corrected chi connectivity index (χ0v) is 9.86. The third kappa shape index (κ3) is 3.64. The summed E-state index contributed by atoms with van der Waals surface area (Å²) in [5.74, 6) is 0. The Balaban J connectivity index is 2.57. The molecule has 1 unspecified atom stereocenters. The van der Waals surface area contributed by atoms with Crippen LogP contribution in [-0.4, -0.2) is 30.0 Å². The minimum atomic E-state index is 0.246. The standard InChI is InChI=1S/C11H21N3O/c1-4-6-14-8-10(7-13-14)11(12-3)9-15-5-2/h7-8,11-12H,4-6,9H2,1-3H3. The second-order valence-corrected chi connectivity index (χ2v) is 3.54. The number of nitrogens with zero attached hydrogens (tertiary/aromatic N) is 2. The number of likely N-dealkylation sites (N-methyl/N-ethyl adjacent to an activating group) is 1. The Bertz CT molecular complexity index is 273. The predicted molar refractivity (Wildman–Crippen MR) is 60.8 cm³/mol. The molecule has 0 aliphatic rings. The van der Waals surface area contributed by atoms with Gasteiger partial charge in [-0.15, -0.1) is 0 Å². The molecule has 0 spiro atoms. The van der Waals surface area contributed by atoms with Crippen molar-refractivity contribution in [2.24, 2.45) is 0 Å². The lowest BCUT2D eigenvalue weighted by atomic mass is 10.2. The van der Waals surface area contributed by atoms with Gasteiger partial charge in [-0.05, 0) is 20.4 Å². The zero-order valence-electron chi connectivity index (χ0n) is 9.86. The van der Waals surface area contributed by atoms with Crippen LogP contribution in [0.1, 0.15) is 31.9 Å². The number of rotatable bonds is 7. The number of aryl methyl sites for hydroxylation is 1. The van der Waals surface area contributed by atoms with Crippen molar-refractivity contribution in [3.63, 3.8) is 0 Å². The fourth-order valence-corrected chi connectivity index (χ4v) is 1.49. The van der Waals surface area contributed by atoms with E-state index in [4.69, 9.17) is 4.74 Å². The number of aromatic nitrogens is 2. The van der Waals surface area contributed by atoms with E-state index in [1.807, 2.05) is 24.9 Å². The van der Waals surface area contributed by atoms with Gasteiger partial charge in [-0.1, -0.05) is 6.92 Å². The average molecular weight is 211 g/mol. The molecule has 86 valence electrons. The van der Waals surface area contributed by atoms with Crippen LogP contribution >= 0.6 is 0 Å². The highest BCUT2D eigenvalue weighted by Gasteiger charge is 2.10. The van der Waals surface area contributed by atoms with Gasteiger partial charge < -0.3 is 10.1 Å². The lowest BCUT2D eigenvalue weighted by molar-refractivity contribution is 0.125. The van der Waals surface area contributed by atoms with Gasteiger partial charge in [0, 0.05) is 24.9 Å². The molecule has 0 aliphatic heterocycles. The minimum Gasteiger partial charge on any atom is -0.380 e. The molecule has 0 fully saturated rings. The molecule has 1 N–H and O–H groups in total. The van der Waals surface area contributed by atoms with Gasteiger partial charge >= 0.3 is 0 Å². The Morgan fingerprint density at radius 2 is 2.33 bits per heavy atom. The predicted octanol–water partition coefficient (Wildman–Crippen LogP) is 1.59. The van der Waals surface area contributed by atoms with Crippen molar-refractivity contribution in [3.05, 3.63) is 18.0 Å². The Morgan fingerprint density at radius 1 is 1.53 bits per heavy atom. The second kappa shape index (κ2) is 6.58. The van der Waals surface area contributed by atoms with E-state index in [1.165, 1.54) is 5.56 Å². The molecule has 1 aromatic rings. The number of ether oxygens (including phenoxy) is 1. The van der Waals surface area contributed by atoms with Gasteiger partial charge in [-0.3, -0.25) is 4.68 Å². The Kier molecular flexibility index (Phi) is 5.36. The Labute approximate surface area is 91.6 Å². The van der Waals surface area contributed by atoms with Crippen molar-refractivity contribution in [1.82, 2.24) is 15.1 Å². The van der Waals surface area contributed by atoms with Crippen molar-refractivity contribution in [3.8, 4) is 0 Å². The first kappa shape index (κ1) is 12.2. The molecule has 4 nitrogen and oxygen atoms in total. The molecule has 0 saturated heterocycles. The topological polar surface area (TPSA) is 39.1 Å². The molecule has 0 aromatic carbocycles. The molecule has 0 aliphatic carbocycles. The first-order valence-corrected chi connectivity index (χ1v) is 5.59. The molecule has 1 heterocycles. The normalized spacial score (nSPS) is 13.0. The van der Waals surface area contributed by atoms with Crippen LogP contribution in [-0.2, 0) is 11.3 Å². The van der Waals surface area contributed by atoms with E-state index in [-0.39, 0.29) is 6.04 Å². The van der Waals surface area contributed by atoms with Crippen molar-refractivity contribution in [2.45, 2.75) is 32.9 Å². The van der Waals surface area contributed by atoms with Gasteiger partial charge in [0.1, 0.15) is 0 Å². The molecule has 15 heavy (non-hydrogen) atoms. The van der Waals surface area contributed by atoms with Crippen LogP contribution in [0.3, 0.4) is 0 Å². The largest absolute Gasteiger partial charge is 0.380 e. The Morgan fingerprint density at radius 3 is 2.93 bits per heavy atom. The van der Waals surface area contributed by atoms with Crippen LogP contribution in [0, 0.1) is 0 Å². The summed E-state index contributed by atoms with van der Waals surface area (Å²) in [5.41, 5.74) is 1.19. The fraction of sp³-hybridized carbons (Fsp3) is 0.727. The summed E-state index contributed by atoms with van der Waals surface area (Å²) in [6.07, 6.45) is 5.11. The molecule has 1 rings (SSSR count). The van der Waals surface area contributed by atoms with Crippen LogP contribution in [0.25, 0.3) is 0 Å². The van der Waals surface area contributed by atoms with E-state index in [1.54, 1.807) is 0 Å². The van der Waals surface area contributed by atoms with E-state index in [9.17, 15) is 0 Å².